The number of thiazole rings is 1. The van der Waals surface area contributed by atoms with Gasteiger partial charge in [0.25, 0.3) is 11.8 Å². The molecule has 3 aromatic heterocycles. The Bertz CT molecular complexity index is 1240. The molecule has 146 valence electrons. The van der Waals surface area contributed by atoms with Crippen molar-refractivity contribution in [1.29, 1.82) is 0 Å². The molecule has 1 aromatic carbocycles. The molecule has 0 fully saturated rings. The second kappa shape index (κ2) is 7.82. The third-order valence-corrected chi connectivity index (χ3v) is 5.97. The molecule has 0 unspecified atom stereocenters. The van der Waals surface area contributed by atoms with Crippen LogP contribution in [0.3, 0.4) is 0 Å². The topological polar surface area (TPSA) is 99.8 Å². The lowest BCUT2D eigenvalue weighted by Crippen LogP contribution is -2.12. The number of nitrogens with zero attached hydrogens (tertiary/aromatic N) is 2. The monoisotopic (exact) mass is 445 g/mol. The van der Waals surface area contributed by atoms with Crippen LogP contribution in [0, 0.1) is 6.92 Å². The van der Waals surface area contributed by atoms with E-state index in [2.05, 4.69) is 25.6 Å². The number of H-pyrrole nitrogens is 1. The van der Waals surface area contributed by atoms with Gasteiger partial charge in [-0.15, -0.1) is 0 Å². The van der Waals surface area contributed by atoms with Gasteiger partial charge in [-0.3, -0.25) is 19.9 Å². The number of benzene rings is 1. The van der Waals surface area contributed by atoms with Crippen LogP contribution in [0.1, 0.15) is 26.5 Å². The summed E-state index contributed by atoms with van der Waals surface area (Å²) >= 11 is 13.4. The Morgan fingerprint density at radius 1 is 1.03 bits per heavy atom. The highest BCUT2D eigenvalue weighted by Gasteiger charge is 2.19. The Labute approximate surface area is 179 Å². The molecule has 0 aliphatic heterocycles. The number of hydrogen-bond acceptors (Lipinski definition) is 5. The average molecular weight is 446 g/mol. The summed E-state index contributed by atoms with van der Waals surface area (Å²) in [4.78, 5) is 35.9. The van der Waals surface area contributed by atoms with Gasteiger partial charge in [-0.1, -0.05) is 34.5 Å². The van der Waals surface area contributed by atoms with Gasteiger partial charge in [0.05, 0.1) is 20.3 Å². The van der Waals surface area contributed by atoms with Crippen molar-refractivity contribution >= 4 is 67.4 Å². The van der Waals surface area contributed by atoms with E-state index in [9.17, 15) is 9.59 Å². The van der Waals surface area contributed by atoms with Crippen molar-refractivity contribution in [1.82, 2.24) is 15.0 Å². The molecule has 2 amide bonds. The van der Waals surface area contributed by atoms with Crippen molar-refractivity contribution in [3.8, 4) is 0 Å². The highest BCUT2D eigenvalue weighted by atomic mass is 35.5. The van der Waals surface area contributed by atoms with E-state index in [0.717, 1.165) is 4.70 Å². The Kier molecular flexibility index (Phi) is 5.23. The summed E-state index contributed by atoms with van der Waals surface area (Å²) in [6.07, 6.45) is 3.11. The van der Waals surface area contributed by atoms with Crippen LogP contribution in [0.15, 0.2) is 42.7 Å². The minimum Gasteiger partial charge on any atom is -0.352 e. The highest BCUT2D eigenvalue weighted by Crippen LogP contribution is 2.32. The second-order valence-corrected chi connectivity index (χ2v) is 7.89. The van der Waals surface area contributed by atoms with Crippen molar-refractivity contribution in [3.63, 3.8) is 0 Å². The van der Waals surface area contributed by atoms with Crippen molar-refractivity contribution in [2.24, 2.45) is 0 Å². The molecule has 10 heteroatoms. The summed E-state index contributed by atoms with van der Waals surface area (Å²) in [6.45, 7) is 1.73. The number of aromatic nitrogens is 3. The number of fused-ring (bicyclic) bond motifs is 1. The highest BCUT2D eigenvalue weighted by molar-refractivity contribution is 7.22. The number of carbonyl (C=O) groups is 2. The predicted molar refractivity (Wildman–Crippen MR) is 115 cm³/mol. The maximum atomic E-state index is 12.5. The number of pyridine rings is 1. The van der Waals surface area contributed by atoms with Gasteiger partial charge in [-0.25, -0.2) is 4.98 Å². The van der Waals surface area contributed by atoms with Gasteiger partial charge in [-0.05, 0) is 37.3 Å². The van der Waals surface area contributed by atoms with Crippen molar-refractivity contribution in [2.75, 3.05) is 10.6 Å². The molecule has 0 aliphatic carbocycles. The third-order valence-electron chi connectivity index (χ3n) is 4.09. The second-order valence-electron chi connectivity index (χ2n) is 6.10. The molecule has 0 spiro atoms. The molecule has 4 aromatic rings. The van der Waals surface area contributed by atoms with E-state index < -0.39 is 5.91 Å². The maximum absolute atomic E-state index is 12.5. The molecule has 0 saturated carbocycles. The first-order chi connectivity index (χ1) is 13.9. The first-order valence-corrected chi connectivity index (χ1v) is 9.96. The Morgan fingerprint density at radius 3 is 2.48 bits per heavy atom. The summed E-state index contributed by atoms with van der Waals surface area (Å²) in [5.74, 6) is -0.673. The normalized spacial score (nSPS) is 10.9. The fourth-order valence-corrected chi connectivity index (χ4v) is 3.97. The van der Waals surface area contributed by atoms with E-state index in [0.29, 0.717) is 32.6 Å². The molecular formula is C19H13Cl2N5O2S. The first kappa shape index (κ1) is 19.4. The van der Waals surface area contributed by atoms with Crippen molar-refractivity contribution in [2.45, 2.75) is 6.92 Å². The molecule has 4 rings (SSSR count). The lowest BCUT2D eigenvalue weighted by Gasteiger charge is -2.04. The standard InChI is InChI=1S/C19H13Cl2N5O2S/c1-9-14(20)15(21)16(23-9)18(28)26-19-25-12-3-2-11(8-13(12)29-19)24-17(27)10-4-6-22-7-5-10/h2-8,23H,1H3,(H,24,27)(H,25,26,28). The summed E-state index contributed by atoms with van der Waals surface area (Å²) < 4.78 is 0.805. The van der Waals surface area contributed by atoms with E-state index in [-0.39, 0.29) is 16.6 Å². The van der Waals surface area contributed by atoms with Gasteiger partial charge in [0.2, 0.25) is 0 Å². The van der Waals surface area contributed by atoms with Gasteiger partial charge in [0.1, 0.15) is 5.69 Å². The zero-order chi connectivity index (χ0) is 20.5. The lowest BCUT2D eigenvalue weighted by atomic mass is 10.2. The molecule has 0 aliphatic rings. The summed E-state index contributed by atoms with van der Waals surface area (Å²) in [5.41, 5.74) is 2.61. The third kappa shape index (κ3) is 3.95. The van der Waals surface area contributed by atoms with Gasteiger partial charge in [0.15, 0.2) is 5.13 Å². The number of anilines is 2. The van der Waals surface area contributed by atoms with Gasteiger partial charge >= 0.3 is 0 Å². The smallest absolute Gasteiger partial charge is 0.275 e. The van der Waals surface area contributed by atoms with E-state index in [1.807, 2.05) is 0 Å². The number of aryl methyl sites for hydroxylation is 1. The van der Waals surface area contributed by atoms with Gasteiger partial charge in [-0.2, -0.15) is 0 Å². The Balaban J connectivity index is 1.53. The van der Waals surface area contributed by atoms with E-state index >= 15 is 0 Å². The van der Waals surface area contributed by atoms with Gasteiger partial charge in [0, 0.05) is 29.3 Å². The Hall–Kier alpha value is -2.94. The van der Waals surface area contributed by atoms with Crippen molar-refractivity contribution in [3.05, 3.63) is 69.7 Å². The fraction of sp³-hybridized carbons (Fsp3) is 0.0526. The van der Waals surface area contributed by atoms with E-state index in [1.54, 1.807) is 49.6 Å². The van der Waals surface area contributed by atoms with Crippen LogP contribution in [0.25, 0.3) is 10.2 Å². The maximum Gasteiger partial charge on any atom is 0.275 e. The summed E-state index contributed by atoms with van der Waals surface area (Å²) in [7, 11) is 0. The van der Waals surface area contributed by atoms with Crippen LogP contribution in [0.5, 0.6) is 0 Å². The number of hydrogen-bond donors (Lipinski definition) is 3. The lowest BCUT2D eigenvalue weighted by molar-refractivity contribution is 0.101. The van der Waals surface area contributed by atoms with Crippen LogP contribution in [-0.2, 0) is 0 Å². The van der Waals surface area contributed by atoms with Crippen LogP contribution in [0.2, 0.25) is 10.0 Å². The first-order valence-electron chi connectivity index (χ1n) is 8.39. The number of rotatable bonds is 4. The number of carbonyl (C=O) groups excluding carboxylic acids is 2. The summed E-state index contributed by atoms with van der Waals surface area (Å²) in [6, 6.07) is 8.58. The van der Waals surface area contributed by atoms with Crippen LogP contribution in [-0.4, -0.2) is 26.8 Å². The molecule has 0 atom stereocenters. The predicted octanol–water partition coefficient (Wildman–Crippen LogP) is 5.14. The minimum absolute atomic E-state index is 0.170. The van der Waals surface area contributed by atoms with Crippen molar-refractivity contribution < 1.29 is 9.59 Å². The zero-order valence-electron chi connectivity index (χ0n) is 14.9. The Morgan fingerprint density at radius 2 is 1.79 bits per heavy atom. The number of aromatic amines is 1. The average Bonchev–Trinajstić information content (AvgIpc) is 3.23. The quantitative estimate of drug-likeness (QED) is 0.404. The van der Waals surface area contributed by atoms with Crippen LogP contribution >= 0.6 is 34.5 Å². The van der Waals surface area contributed by atoms with E-state index in [1.165, 1.54) is 11.3 Å². The molecule has 0 radical (unpaired) electrons. The van der Waals surface area contributed by atoms with E-state index in [4.69, 9.17) is 23.2 Å². The van der Waals surface area contributed by atoms with Crippen LogP contribution in [0.4, 0.5) is 10.8 Å². The molecule has 7 nitrogen and oxygen atoms in total. The minimum atomic E-state index is -0.435. The molecule has 0 saturated heterocycles. The molecular weight excluding hydrogens is 433 g/mol. The molecule has 29 heavy (non-hydrogen) atoms. The van der Waals surface area contributed by atoms with Gasteiger partial charge < -0.3 is 10.3 Å². The van der Waals surface area contributed by atoms with Crippen LogP contribution < -0.4 is 10.6 Å². The largest absolute Gasteiger partial charge is 0.352 e. The fourth-order valence-electron chi connectivity index (χ4n) is 2.65. The number of nitrogens with one attached hydrogen (secondary N) is 3. The number of amides is 2. The molecule has 0 bridgehead atoms. The molecule has 3 heterocycles. The number of halogens is 2. The SMILES string of the molecule is Cc1[nH]c(C(=O)Nc2nc3ccc(NC(=O)c4ccncc4)cc3s2)c(Cl)c1Cl. The summed E-state index contributed by atoms with van der Waals surface area (Å²) in [5, 5.41) is 6.44. The molecule has 3 N–H and O–H groups in total. The zero-order valence-corrected chi connectivity index (χ0v) is 17.2.